The van der Waals surface area contributed by atoms with E-state index in [0.29, 0.717) is 0 Å². The van der Waals surface area contributed by atoms with Crippen LogP contribution < -0.4 is 0 Å². The number of rotatable bonds is 1. The topological polar surface area (TPSA) is 43.6 Å². The van der Waals surface area contributed by atoms with E-state index in [1.807, 2.05) is 12.1 Å². The molecule has 0 bridgehead atoms. The standard InChI is InChI=1S/C13H11ClN4/c1-8-4-3-5-11(9(8)2)18-12-10(7-16-18)6-15-13(14)17-12/h3-7H,1-2H3. The molecule has 0 atom stereocenters. The molecule has 0 aliphatic rings. The van der Waals surface area contributed by atoms with Crippen LogP contribution >= 0.6 is 11.6 Å². The molecule has 0 amide bonds. The second-order valence-electron chi connectivity index (χ2n) is 4.19. The number of aryl methyl sites for hydroxylation is 1. The van der Waals surface area contributed by atoms with Crippen molar-refractivity contribution >= 4 is 22.6 Å². The molecule has 2 aromatic heterocycles. The molecule has 0 aliphatic carbocycles. The number of aromatic nitrogens is 4. The van der Waals surface area contributed by atoms with Crippen molar-refractivity contribution in [2.24, 2.45) is 0 Å². The molecular weight excluding hydrogens is 248 g/mol. The third-order valence-electron chi connectivity index (χ3n) is 3.08. The van der Waals surface area contributed by atoms with Gasteiger partial charge in [-0.15, -0.1) is 0 Å². The van der Waals surface area contributed by atoms with Gasteiger partial charge in [0.05, 0.1) is 17.3 Å². The summed E-state index contributed by atoms with van der Waals surface area (Å²) < 4.78 is 1.80. The smallest absolute Gasteiger partial charge is 0.224 e. The Balaban J connectivity index is 2.32. The summed E-state index contributed by atoms with van der Waals surface area (Å²) >= 11 is 5.84. The van der Waals surface area contributed by atoms with Gasteiger partial charge in [-0.2, -0.15) is 10.1 Å². The van der Waals surface area contributed by atoms with Gasteiger partial charge < -0.3 is 0 Å². The van der Waals surface area contributed by atoms with Crippen LogP contribution in [-0.4, -0.2) is 19.7 Å². The van der Waals surface area contributed by atoms with Crippen molar-refractivity contribution in [2.75, 3.05) is 0 Å². The average molecular weight is 259 g/mol. The van der Waals surface area contributed by atoms with E-state index >= 15 is 0 Å². The zero-order chi connectivity index (χ0) is 12.7. The summed E-state index contributed by atoms with van der Waals surface area (Å²) in [5.41, 5.74) is 4.14. The summed E-state index contributed by atoms with van der Waals surface area (Å²) in [5.74, 6) is 0. The summed E-state index contributed by atoms with van der Waals surface area (Å²) in [4.78, 5) is 8.19. The SMILES string of the molecule is Cc1cccc(-n2ncc3cnc(Cl)nc32)c1C. The molecule has 0 unspecified atom stereocenters. The molecule has 3 rings (SSSR count). The lowest BCUT2D eigenvalue weighted by Gasteiger charge is -2.08. The first-order valence-electron chi connectivity index (χ1n) is 5.59. The maximum Gasteiger partial charge on any atom is 0.224 e. The van der Waals surface area contributed by atoms with Gasteiger partial charge in [-0.1, -0.05) is 12.1 Å². The zero-order valence-electron chi connectivity index (χ0n) is 10.1. The maximum atomic E-state index is 5.84. The van der Waals surface area contributed by atoms with Crippen LogP contribution in [0.25, 0.3) is 16.7 Å². The van der Waals surface area contributed by atoms with Gasteiger partial charge in [-0.25, -0.2) is 9.67 Å². The second-order valence-corrected chi connectivity index (χ2v) is 4.53. The third-order valence-corrected chi connectivity index (χ3v) is 3.27. The van der Waals surface area contributed by atoms with E-state index in [2.05, 4.69) is 35.0 Å². The van der Waals surface area contributed by atoms with Crippen LogP contribution in [0.15, 0.2) is 30.6 Å². The van der Waals surface area contributed by atoms with Crippen molar-refractivity contribution in [3.63, 3.8) is 0 Å². The Bertz CT molecular complexity index is 733. The maximum absolute atomic E-state index is 5.84. The number of halogens is 1. The van der Waals surface area contributed by atoms with Gasteiger partial charge in [0.1, 0.15) is 0 Å². The molecule has 0 fully saturated rings. The van der Waals surface area contributed by atoms with E-state index in [4.69, 9.17) is 11.6 Å². The van der Waals surface area contributed by atoms with E-state index < -0.39 is 0 Å². The van der Waals surface area contributed by atoms with Gasteiger partial charge in [0, 0.05) is 6.20 Å². The Kier molecular flexibility index (Phi) is 2.52. The lowest BCUT2D eigenvalue weighted by atomic mass is 10.1. The normalized spacial score (nSPS) is 11.1. The van der Waals surface area contributed by atoms with Gasteiger partial charge in [-0.05, 0) is 42.6 Å². The molecule has 0 spiro atoms. The summed E-state index contributed by atoms with van der Waals surface area (Å²) in [6, 6.07) is 6.10. The summed E-state index contributed by atoms with van der Waals surface area (Å²) in [6.07, 6.45) is 3.42. The highest BCUT2D eigenvalue weighted by molar-refractivity contribution is 6.28. The minimum atomic E-state index is 0.231. The van der Waals surface area contributed by atoms with Gasteiger partial charge in [0.2, 0.25) is 5.28 Å². The Hall–Kier alpha value is -1.94. The predicted octanol–water partition coefficient (Wildman–Crippen LogP) is 3.09. The Morgan fingerprint density at radius 2 is 2.00 bits per heavy atom. The molecule has 1 aromatic carbocycles. The lowest BCUT2D eigenvalue weighted by molar-refractivity contribution is 0.885. The summed E-state index contributed by atoms with van der Waals surface area (Å²) in [5, 5.41) is 5.47. The Morgan fingerprint density at radius 3 is 2.83 bits per heavy atom. The Morgan fingerprint density at radius 1 is 1.17 bits per heavy atom. The highest BCUT2D eigenvalue weighted by Gasteiger charge is 2.10. The van der Waals surface area contributed by atoms with Crippen LogP contribution in [0.3, 0.4) is 0 Å². The van der Waals surface area contributed by atoms with Gasteiger partial charge in [0.25, 0.3) is 0 Å². The van der Waals surface area contributed by atoms with Crippen LogP contribution in [-0.2, 0) is 0 Å². The first kappa shape index (κ1) is 11.2. The van der Waals surface area contributed by atoms with Crippen LogP contribution in [0, 0.1) is 13.8 Å². The van der Waals surface area contributed by atoms with Gasteiger partial charge in [0.15, 0.2) is 5.65 Å². The van der Waals surface area contributed by atoms with Crippen LogP contribution in [0.5, 0.6) is 0 Å². The number of fused-ring (bicyclic) bond motifs is 1. The van der Waals surface area contributed by atoms with Crippen molar-refractivity contribution < 1.29 is 0 Å². The van der Waals surface area contributed by atoms with E-state index in [-0.39, 0.29) is 5.28 Å². The molecule has 4 nitrogen and oxygen atoms in total. The fraction of sp³-hybridized carbons (Fsp3) is 0.154. The molecule has 0 aliphatic heterocycles. The molecule has 0 saturated carbocycles. The van der Waals surface area contributed by atoms with E-state index in [0.717, 1.165) is 16.7 Å². The lowest BCUT2D eigenvalue weighted by Crippen LogP contribution is -2.01. The molecule has 2 heterocycles. The van der Waals surface area contributed by atoms with Crippen LogP contribution in [0.1, 0.15) is 11.1 Å². The molecule has 18 heavy (non-hydrogen) atoms. The number of hydrogen-bond acceptors (Lipinski definition) is 3. The third kappa shape index (κ3) is 1.66. The van der Waals surface area contributed by atoms with Gasteiger partial charge >= 0.3 is 0 Å². The fourth-order valence-corrected chi connectivity index (χ4v) is 2.07. The minimum Gasteiger partial charge on any atom is -0.226 e. The number of hydrogen-bond donors (Lipinski definition) is 0. The van der Waals surface area contributed by atoms with Crippen molar-refractivity contribution in [3.05, 3.63) is 47.0 Å². The van der Waals surface area contributed by atoms with E-state index in [1.165, 1.54) is 11.1 Å². The summed E-state index contributed by atoms with van der Waals surface area (Å²) in [7, 11) is 0. The first-order valence-corrected chi connectivity index (χ1v) is 5.97. The molecular formula is C13H11ClN4. The molecule has 0 radical (unpaired) electrons. The quantitative estimate of drug-likeness (QED) is 0.630. The molecule has 90 valence electrons. The monoisotopic (exact) mass is 258 g/mol. The molecule has 3 aromatic rings. The van der Waals surface area contributed by atoms with Crippen molar-refractivity contribution in [3.8, 4) is 5.69 Å². The minimum absolute atomic E-state index is 0.231. The number of nitrogens with zero attached hydrogens (tertiary/aromatic N) is 4. The van der Waals surface area contributed by atoms with Crippen LogP contribution in [0.4, 0.5) is 0 Å². The van der Waals surface area contributed by atoms with Crippen molar-refractivity contribution in [2.45, 2.75) is 13.8 Å². The predicted molar refractivity (Wildman–Crippen MR) is 71.1 cm³/mol. The molecule has 0 saturated heterocycles. The van der Waals surface area contributed by atoms with Crippen molar-refractivity contribution in [1.82, 2.24) is 19.7 Å². The highest BCUT2D eigenvalue weighted by atomic mass is 35.5. The zero-order valence-corrected chi connectivity index (χ0v) is 10.8. The molecule has 0 N–H and O–H groups in total. The van der Waals surface area contributed by atoms with E-state index in [1.54, 1.807) is 17.1 Å². The van der Waals surface area contributed by atoms with Gasteiger partial charge in [-0.3, -0.25) is 0 Å². The first-order chi connectivity index (χ1) is 8.66. The average Bonchev–Trinajstić information content (AvgIpc) is 2.75. The number of benzene rings is 1. The van der Waals surface area contributed by atoms with Crippen molar-refractivity contribution in [1.29, 1.82) is 0 Å². The highest BCUT2D eigenvalue weighted by Crippen LogP contribution is 2.21. The Labute approximate surface area is 109 Å². The van der Waals surface area contributed by atoms with E-state index in [9.17, 15) is 0 Å². The summed E-state index contributed by atoms with van der Waals surface area (Å²) in [6.45, 7) is 4.15. The van der Waals surface area contributed by atoms with Crippen LogP contribution in [0.2, 0.25) is 5.28 Å². The largest absolute Gasteiger partial charge is 0.226 e. The fourth-order valence-electron chi connectivity index (χ4n) is 1.94. The second kappa shape index (κ2) is 4.07. The molecule has 5 heteroatoms.